The number of ether oxygens (including phenoxy) is 1. The van der Waals surface area contributed by atoms with E-state index in [9.17, 15) is 8.42 Å². The third-order valence-electron chi connectivity index (χ3n) is 3.33. The van der Waals surface area contributed by atoms with Gasteiger partial charge in [-0.1, -0.05) is 17.7 Å². The lowest BCUT2D eigenvalue weighted by atomic mass is 10.1. The first-order valence-corrected chi connectivity index (χ1v) is 9.67. The Labute approximate surface area is 162 Å². The molecule has 0 fully saturated rings. The molecule has 8 heteroatoms. The Balaban J connectivity index is 0.00000529. The monoisotopic (exact) mass is 469 g/mol. The van der Waals surface area contributed by atoms with E-state index in [1.165, 1.54) is 11.8 Å². The normalized spacial score (nSPS) is 11.6. The third kappa shape index (κ3) is 9.31. The zero-order valence-electron chi connectivity index (χ0n) is 14.8. The molecule has 0 heterocycles. The SMILES string of the molecule is CN=C(NCCCS(C)(=O)=O)NCCc1cc(C)ccc1OC.I. The Hall–Kier alpha value is -1.03. The van der Waals surface area contributed by atoms with Crippen LogP contribution in [0.5, 0.6) is 5.75 Å². The summed E-state index contributed by atoms with van der Waals surface area (Å²) < 4.78 is 27.5. The number of aryl methyl sites for hydroxylation is 1. The molecule has 0 radical (unpaired) electrons. The van der Waals surface area contributed by atoms with Crippen LogP contribution >= 0.6 is 24.0 Å². The number of sulfone groups is 1. The van der Waals surface area contributed by atoms with E-state index in [0.717, 1.165) is 17.7 Å². The number of hydrogen-bond acceptors (Lipinski definition) is 4. The van der Waals surface area contributed by atoms with Gasteiger partial charge in [-0.3, -0.25) is 4.99 Å². The highest BCUT2D eigenvalue weighted by Crippen LogP contribution is 2.19. The average Bonchev–Trinajstić information content (AvgIpc) is 2.49. The summed E-state index contributed by atoms with van der Waals surface area (Å²) in [5.74, 6) is 1.73. The van der Waals surface area contributed by atoms with Gasteiger partial charge < -0.3 is 15.4 Å². The second kappa shape index (κ2) is 11.5. The molecule has 138 valence electrons. The fourth-order valence-electron chi connectivity index (χ4n) is 2.18. The molecule has 0 amide bonds. The maximum atomic E-state index is 11.1. The molecule has 0 bridgehead atoms. The molecule has 1 rings (SSSR count). The maximum Gasteiger partial charge on any atom is 0.190 e. The minimum Gasteiger partial charge on any atom is -0.496 e. The van der Waals surface area contributed by atoms with Crippen LogP contribution in [0.1, 0.15) is 17.5 Å². The summed E-state index contributed by atoms with van der Waals surface area (Å²) in [6, 6.07) is 6.11. The molecule has 0 saturated heterocycles. The smallest absolute Gasteiger partial charge is 0.190 e. The summed E-state index contributed by atoms with van der Waals surface area (Å²) >= 11 is 0. The number of nitrogens with one attached hydrogen (secondary N) is 2. The lowest BCUT2D eigenvalue weighted by molar-refractivity contribution is 0.409. The van der Waals surface area contributed by atoms with Gasteiger partial charge in [-0.25, -0.2) is 8.42 Å². The van der Waals surface area contributed by atoms with Gasteiger partial charge in [0.25, 0.3) is 0 Å². The molecule has 0 aliphatic rings. The van der Waals surface area contributed by atoms with Crippen molar-refractivity contribution in [2.45, 2.75) is 19.8 Å². The molecule has 0 unspecified atom stereocenters. The van der Waals surface area contributed by atoms with E-state index in [1.54, 1.807) is 14.2 Å². The summed E-state index contributed by atoms with van der Waals surface area (Å²) in [6.07, 6.45) is 2.62. The third-order valence-corrected chi connectivity index (χ3v) is 4.36. The molecule has 0 aliphatic heterocycles. The summed E-state index contributed by atoms with van der Waals surface area (Å²) in [5.41, 5.74) is 2.34. The van der Waals surface area contributed by atoms with E-state index < -0.39 is 9.84 Å². The maximum absolute atomic E-state index is 11.1. The first kappa shape index (κ1) is 23.0. The highest BCUT2D eigenvalue weighted by atomic mass is 127. The lowest BCUT2D eigenvalue weighted by Crippen LogP contribution is -2.39. The van der Waals surface area contributed by atoms with Gasteiger partial charge in [-0.15, -0.1) is 24.0 Å². The van der Waals surface area contributed by atoms with Crippen LogP contribution in [-0.2, 0) is 16.3 Å². The number of hydrogen-bond donors (Lipinski definition) is 2. The van der Waals surface area contributed by atoms with Crippen LogP contribution in [0.2, 0.25) is 0 Å². The molecule has 0 atom stereocenters. The first-order chi connectivity index (χ1) is 10.9. The number of methoxy groups -OCH3 is 1. The summed E-state index contributed by atoms with van der Waals surface area (Å²) in [7, 11) is 0.456. The fraction of sp³-hybridized carbons (Fsp3) is 0.562. The molecule has 0 saturated carbocycles. The minimum atomic E-state index is -2.91. The van der Waals surface area contributed by atoms with E-state index in [0.29, 0.717) is 25.5 Å². The summed E-state index contributed by atoms with van der Waals surface area (Å²) in [6.45, 7) is 3.34. The standard InChI is InChI=1S/C16H27N3O3S.HI/c1-13-6-7-15(22-3)14(12-13)8-10-19-16(17-2)18-9-5-11-23(4,20)21;/h6-7,12H,5,8-11H2,1-4H3,(H2,17,18,19);1H. The predicted molar refractivity (Wildman–Crippen MR) is 111 cm³/mol. The highest BCUT2D eigenvalue weighted by molar-refractivity contribution is 14.0. The largest absolute Gasteiger partial charge is 0.496 e. The van der Waals surface area contributed by atoms with Crippen LogP contribution in [0.3, 0.4) is 0 Å². The Morgan fingerprint density at radius 2 is 1.92 bits per heavy atom. The first-order valence-electron chi connectivity index (χ1n) is 7.61. The van der Waals surface area contributed by atoms with Gasteiger partial charge in [0.2, 0.25) is 0 Å². The van der Waals surface area contributed by atoms with Gasteiger partial charge in [-0.2, -0.15) is 0 Å². The van der Waals surface area contributed by atoms with Crippen molar-refractivity contribution in [3.05, 3.63) is 29.3 Å². The van der Waals surface area contributed by atoms with Crippen molar-refractivity contribution in [2.75, 3.05) is 39.3 Å². The Morgan fingerprint density at radius 1 is 1.25 bits per heavy atom. The number of aliphatic imine (C=N–C) groups is 1. The van der Waals surface area contributed by atoms with Crippen molar-refractivity contribution < 1.29 is 13.2 Å². The molecular formula is C16H28IN3O3S. The number of rotatable bonds is 8. The Bertz CT molecular complexity index is 633. The van der Waals surface area contributed by atoms with Crippen LogP contribution in [0, 0.1) is 6.92 Å². The molecule has 0 aromatic heterocycles. The molecule has 24 heavy (non-hydrogen) atoms. The molecule has 6 nitrogen and oxygen atoms in total. The summed E-state index contributed by atoms with van der Waals surface area (Å²) in [4.78, 5) is 4.13. The molecular weight excluding hydrogens is 441 g/mol. The number of benzene rings is 1. The molecule has 1 aromatic rings. The minimum absolute atomic E-state index is 0. The van der Waals surface area contributed by atoms with Crippen molar-refractivity contribution in [1.29, 1.82) is 0 Å². The van der Waals surface area contributed by atoms with E-state index in [-0.39, 0.29) is 29.7 Å². The zero-order valence-corrected chi connectivity index (χ0v) is 17.9. The van der Waals surface area contributed by atoms with Crippen LogP contribution in [0.15, 0.2) is 23.2 Å². The number of nitrogens with zero attached hydrogens (tertiary/aromatic N) is 1. The van der Waals surface area contributed by atoms with Crippen LogP contribution in [0.4, 0.5) is 0 Å². The van der Waals surface area contributed by atoms with E-state index in [1.807, 2.05) is 12.1 Å². The lowest BCUT2D eigenvalue weighted by Gasteiger charge is -2.13. The van der Waals surface area contributed by atoms with Gasteiger partial charge >= 0.3 is 0 Å². The van der Waals surface area contributed by atoms with Crippen LogP contribution < -0.4 is 15.4 Å². The highest BCUT2D eigenvalue weighted by Gasteiger charge is 2.05. The van der Waals surface area contributed by atoms with E-state index in [2.05, 4.69) is 28.6 Å². The Kier molecular flexibility index (Phi) is 11.0. The van der Waals surface area contributed by atoms with E-state index >= 15 is 0 Å². The second-order valence-corrected chi connectivity index (χ2v) is 7.73. The zero-order chi connectivity index (χ0) is 17.3. The molecule has 1 aromatic carbocycles. The van der Waals surface area contributed by atoms with Gasteiger partial charge in [0.15, 0.2) is 5.96 Å². The van der Waals surface area contributed by atoms with Gasteiger partial charge in [0.1, 0.15) is 15.6 Å². The Morgan fingerprint density at radius 3 is 2.50 bits per heavy atom. The average molecular weight is 469 g/mol. The van der Waals surface area contributed by atoms with Crippen LogP contribution in [0.25, 0.3) is 0 Å². The predicted octanol–water partition coefficient (Wildman–Crippen LogP) is 1.76. The fourth-order valence-corrected chi connectivity index (χ4v) is 2.85. The van der Waals surface area contributed by atoms with Gasteiger partial charge in [0, 0.05) is 26.4 Å². The van der Waals surface area contributed by atoms with Crippen molar-refractivity contribution in [1.82, 2.24) is 10.6 Å². The van der Waals surface area contributed by atoms with Crippen LogP contribution in [-0.4, -0.2) is 53.6 Å². The van der Waals surface area contributed by atoms with Crippen molar-refractivity contribution in [3.8, 4) is 5.75 Å². The molecule has 0 spiro atoms. The molecule has 0 aliphatic carbocycles. The second-order valence-electron chi connectivity index (χ2n) is 5.47. The summed E-state index contributed by atoms with van der Waals surface area (Å²) in [5, 5.41) is 6.33. The number of guanidine groups is 1. The van der Waals surface area contributed by atoms with E-state index in [4.69, 9.17) is 4.74 Å². The van der Waals surface area contributed by atoms with Crippen molar-refractivity contribution in [2.24, 2.45) is 4.99 Å². The number of halogens is 1. The quantitative estimate of drug-likeness (QED) is 0.263. The van der Waals surface area contributed by atoms with Gasteiger partial charge in [-0.05, 0) is 31.4 Å². The molecule has 2 N–H and O–H groups in total. The van der Waals surface area contributed by atoms with Crippen molar-refractivity contribution >= 4 is 39.8 Å². The topological polar surface area (TPSA) is 79.8 Å². The van der Waals surface area contributed by atoms with Gasteiger partial charge in [0.05, 0.1) is 12.9 Å². The van der Waals surface area contributed by atoms with Crippen molar-refractivity contribution in [3.63, 3.8) is 0 Å².